The summed E-state index contributed by atoms with van der Waals surface area (Å²) < 4.78 is 0. The van der Waals surface area contributed by atoms with Crippen molar-refractivity contribution in [3.63, 3.8) is 0 Å². The monoisotopic (exact) mass is 271 g/mol. The number of nitrogens with zero attached hydrogens (tertiary/aromatic N) is 1. The van der Waals surface area contributed by atoms with Crippen molar-refractivity contribution in [3.05, 3.63) is 0 Å². The van der Waals surface area contributed by atoms with Gasteiger partial charge in [-0.3, -0.25) is 9.63 Å². The molecule has 0 saturated heterocycles. The fourth-order valence-corrected chi connectivity index (χ4v) is 2.14. The lowest BCUT2D eigenvalue weighted by molar-refractivity contribution is -0.172. The lowest BCUT2D eigenvalue weighted by Crippen LogP contribution is -2.23. The molecule has 0 aliphatic carbocycles. The topological polar surface area (TPSA) is 29.5 Å². The first-order valence-corrected chi connectivity index (χ1v) is 8.20. The minimum atomic E-state index is 0.676. The molecule has 0 saturated carbocycles. The Hall–Kier alpha value is -0.570. The van der Waals surface area contributed by atoms with Crippen molar-refractivity contribution in [2.24, 2.45) is 0 Å². The summed E-state index contributed by atoms with van der Waals surface area (Å²) in [6, 6.07) is 0. The van der Waals surface area contributed by atoms with Crippen LogP contribution in [-0.2, 0) is 9.63 Å². The second-order valence-corrected chi connectivity index (χ2v) is 5.26. The number of hydrogen-bond donors (Lipinski definition) is 0. The van der Waals surface area contributed by atoms with Gasteiger partial charge in [-0.15, -0.1) is 0 Å². The fourth-order valence-electron chi connectivity index (χ4n) is 2.14. The van der Waals surface area contributed by atoms with Crippen molar-refractivity contribution < 1.29 is 9.63 Å². The molecule has 0 atom stereocenters. The predicted molar refractivity (Wildman–Crippen MR) is 80.9 cm³/mol. The SMILES string of the molecule is CCCCCCCCCCCCON(C=O)CCC. The number of hydroxylamine groups is 2. The Morgan fingerprint density at radius 3 is 1.79 bits per heavy atom. The van der Waals surface area contributed by atoms with E-state index in [1.807, 2.05) is 6.92 Å². The van der Waals surface area contributed by atoms with Crippen LogP contribution in [0.3, 0.4) is 0 Å². The number of unbranched alkanes of at least 4 members (excludes halogenated alkanes) is 9. The highest BCUT2D eigenvalue weighted by Gasteiger charge is 1.99. The smallest absolute Gasteiger partial charge is 0.233 e. The van der Waals surface area contributed by atoms with Gasteiger partial charge in [-0.2, -0.15) is 0 Å². The minimum Gasteiger partial charge on any atom is -0.276 e. The van der Waals surface area contributed by atoms with Gasteiger partial charge < -0.3 is 0 Å². The van der Waals surface area contributed by atoms with Crippen LogP contribution in [0.5, 0.6) is 0 Å². The highest BCUT2D eigenvalue weighted by molar-refractivity contribution is 5.44. The van der Waals surface area contributed by atoms with Crippen LogP contribution in [0, 0.1) is 0 Å². The fraction of sp³-hybridized carbons (Fsp3) is 0.938. The Balaban J connectivity index is 3.11. The first-order chi connectivity index (χ1) is 9.35. The first-order valence-electron chi connectivity index (χ1n) is 8.20. The molecular weight excluding hydrogens is 238 g/mol. The summed E-state index contributed by atoms with van der Waals surface area (Å²) in [4.78, 5) is 16.0. The van der Waals surface area contributed by atoms with Crippen LogP contribution in [-0.4, -0.2) is 24.6 Å². The molecule has 0 unspecified atom stereocenters. The van der Waals surface area contributed by atoms with Gasteiger partial charge >= 0.3 is 0 Å². The third-order valence-electron chi connectivity index (χ3n) is 3.32. The van der Waals surface area contributed by atoms with E-state index >= 15 is 0 Å². The van der Waals surface area contributed by atoms with Gasteiger partial charge in [-0.05, 0) is 12.8 Å². The molecule has 0 radical (unpaired) electrons. The van der Waals surface area contributed by atoms with Crippen molar-refractivity contribution in [2.45, 2.75) is 84.5 Å². The zero-order chi connectivity index (χ0) is 14.2. The molecule has 0 aromatic heterocycles. The lowest BCUT2D eigenvalue weighted by atomic mass is 10.1. The molecule has 3 heteroatoms. The maximum Gasteiger partial charge on any atom is 0.233 e. The molecule has 0 fully saturated rings. The van der Waals surface area contributed by atoms with Gasteiger partial charge in [-0.25, -0.2) is 5.06 Å². The second kappa shape index (κ2) is 15.5. The van der Waals surface area contributed by atoms with Gasteiger partial charge in [0.1, 0.15) is 0 Å². The van der Waals surface area contributed by atoms with Crippen molar-refractivity contribution in [3.8, 4) is 0 Å². The molecule has 0 rings (SSSR count). The molecule has 0 heterocycles. The summed E-state index contributed by atoms with van der Waals surface area (Å²) in [7, 11) is 0. The van der Waals surface area contributed by atoms with Gasteiger partial charge in [-0.1, -0.05) is 71.6 Å². The molecule has 0 aliphatic rings. The quantitative estimate of drug-likeness (QED) is 0.245. The summed E-state index contributed by atoms with van der Waals surface area (Å²) in [6.07, 6.45) is 14.9. The van der Waals surface area contributed by atoms with E-state index in [0.717, 1.165) is 19.3 Å². The van der Waals surface area contributed by atoms with Crippen LogP contribution in [0.4, 0.5) is 0 Å². The first kappa shape index (κ1) is 18.4. The summed E-state index contributed by atoms with van der Waals surface area (Å²) >= 11 is 0. The minimum absolute atomic E-state index is 0.676. The van der Waals surface area contributed by atoms with Crippen molar-refractivity contribution >= 4 is 6.41 Å². The number of hydrogen-bond acceptors (Lipinski definition) is 2. The number of amides is 1. The standard InChI is InChI=1S/C16H33NO2/c1-3-5-6-7-8-9-10-11-12-13-15-19-17(16-18)14-4-2/h16H,3-15H2,1-2H3. The van der Waals surface area contributed by atoms with Gasteiger partial charge in [0.2, 0.25) is 6.41 Å². The van der Waals surface area contributed by atoms with Gasteiger partial charge in [0.25, 0.3) is 0 Å². The summed E-state index contributed by atoms with van der Waals surface area (Å²) in [5, 5.41) is 1.41. The molecule has 114 valence electrons. The Morgan fingerprint density at radius 1 is 0.789 bits per heavy atom. The van der Waals surface area contributed by atoms with Gasteiger partial charge in [0.05, 0.1) is 6.61 Å². The van der Waals surface area contributed by atoms with Gasteiger partial charge in [0.15, 0.2) is 0 Å². The van der Waals surface area contributed by atoms with Crippen molar-refractivity contribution in [2.75, 3.05) is 13.2 Å². The van der Waals surface area contributed by atoms with Crippen LogP contribution in [0.15, 0.2) is 0 Å². The largest absolute Gasteiger partial charge is 0.276 e. The average molecular weight is 271 g/mol. The number of carbonyl (C=O) groups is 1. The molecule has 19 heavy (non-hydrogen) atoms. The van der Waals surface area contributed by atoms with E-state index in [9.17, 15) is 4.79 Å². The van der Waals surface area contributed by atoms with Crippen LogP contribution >= 0.6 is 0 Å². The van der Waals surface area contributed by atoms with E-state index in [1.165, 1.54) is 62.9 Å². The zero-order valence-electron chi connectivity index (χ0n) is 13.0. The molecule has 0 N–H and O–H groups in total. The normalized spacial score (nSPS) is 10.6. The molecule has 0 bridgehead atoms. The van der Waals surface area contributed by atoms with E-state index in [4.69, 9.17) is 4.84 Å². The molecule has 0 spiro atoms. The number of rotatable bonds is 15. The Kier molecular flexibility index (Phi) is 15.0. The Morgan fingerprint density at radius 2 is 1.32 bits per heavy atom. The Bertz CT molecular complexity index is 186. The van der Waals surface area contributed by atoms with Crippen molar-refractivity contribution in [1.82, 2.24) is 5.06 Å². The zero-order valence-corrected chi connectivity index (χ0v) is 13.0. The van der Waals surface area contributed by atoms with Crippen LogP contribution in [0.2, 0.25) is 0 Å². The molecular formula is C16H33NO2. The maximum absolute atomic E-state index is 10.6. The maximum atomic E-state index is 10.6. The van der Waals surface area contributed by atoms with Crippen LogP contribution < -0.4 is 0 Å². The third-order valence-corrected chi connectivity index (χ3v) is 3.32. The molecule has 3 nitrogen and oxygen atoms in total. The highest BCUT2D eigenvalue weighted by atomic mass is 16.7. The lowest BCUT2D eigenvalue weighted by Gasteiger charge is -2.15. The molecule has 0 aliphatic heterocycles. The summed E-state index contributed by atoms with van der Waals surface area (Å²) in [6.45, 7) is 5.67. The summed E-state index contributed by atoms with van der Waals surface area (Å²) in [5.74, 6) is 0. The Labute approximate surface area is 119 Å². The molecule has 0 aromatic carbocycles. The molecule has 1 amide bonds. The van der Waals surface area contributed by atoms with E-state index < -0.39 is 0 Å². The number of carbonyl (C=O) groups excluding carboxylic acids is 1. The average Bonchev–Trinajstić information content (AvgIpc) is 2.43. The van der Waals surface area contributed by atoms with Crippen molar-refractivity contribution in [1.29, 1.82) is 0 Å². The van der Waals surface area contributed by atoms with Gasteiger partial charge in [0, 0.05) is 6.54 Å². The molecule has 0 aromatic rings. The van der Waals surface area contributed by atoms with Crippen LogP contribution in [0.1, 0.15) is 84.5 Å². The van der Waals surface area contributed by atoms with E-state index in [2.05, 4.69) is 6.92 Å². The predicted octanol–water partition coefficient (Wildman–Crippen LogP) is 4.71. The van der Waals surface area contributed by atoms with E-state index in [1.54, 1.807) is 0 Å². The van der Waals surface area contributed by atoms with E-state index in [-0.39, 0.29) is 0 Å². The van der Waals surface area contributed by atoms with Crippen LogP contribution in [0.25, 0.3) is 0 Å². The summed E-state index contributed by atoms with van der Waals surface area (Å²) in [5.41, 5.74) is 0. The highest BCUT2D eigenvalue weighted by Crippen LogP contribution is 2.10. The van der Waals surface area contributed by atoms with E-state index in [0.29, 0.717) is 13.2 Å². The third kappa shape index (κ3) is 13.7. The second-order valence-electron chi connectivity index (χ2n) is 5.26.